The largest absolute Gasteiger partial charge is 0.359 e. The lowest BCUT2D eigenvalue weighted by Crippen LogP contribution is -2.23. The van der Waals surface area contributed by atoms with Crippen LogP contribution in [0.2, 0.25) is 0 Å². The molecular formula is C9H12N2O2. The molecule has 1 saturated carbocycles. The Morgan fingerprint density at radius 2 is 2.54 bits per heavy atom. The highest BCUT2D eigenvalue weighted by Gasteiger charge is 2.29. The predicted octanol–water partition coefficient (Wildman–Crippen LogP) is 1.01. The van der Waals surface area contributed by atoms with Crippen LogP contribution < -0.4 is 5.32 Å². The van der Waals surface area contributed by atoms with Crippen molar-refractivity contribution in [3.05, 3.63) is 17.5 Å². The molecule has 0 atom stereocenters. The van der Waals surface area contributed by atoms with Gasteiger partial charge in [-0.2, -0.15) is 0 Å². The molecule has 2 rings (SSSR count). The van der Waals surface area contributed by atoms with Gasteiger partial charge in [-0.15, -0.1) is 0 Å². The highest BCUT2D eigenvalue weighted by molar-refractivity contribution is 5.80. The van der Waals surface area contributed by atoms with Gasteiger partial charge in [0.15, 0.2) is 5.76 Å². The van der Waals surface area contributed by atoms with Crippen LogP contribution in [0.15, 0.2) is 10.6 Å². The molecule has 1 aromatic rings. The third-order valence-corrected chi connectivity index (χ3v) is 2.06. The normalized spacial score (nSPS) is 15.8. The molecule has 1 heterocycles. The summed E-state index contributed by atoms with van der Waals surface area (Å²) in [6.45, 7) is 2.31. The molecule has 13 heavy (non-hydrogen) atoms. The second-order valence-corrected chi connectivity index (χ2v) is 3.43. The maximum absolute atomic E-state index is 11.2. The number of rotatable bonds is 3. The van der Waals surface area contributed by atoms with Crippen LogP contribution in [0.5, 0.6) is 0 Å². The number of hydrogen-bond acceptors (Lipinski definition) is 3. The Morgan fingerprint density at radius 1 is 1.77 bits per heavy atom. The first-order valence-electron chi connectivity index (χ1n) is 4.45. The zero-order valence-electron chi connectivity index (χ0n) is 7.54. The maximum atomic E-state index is 11.2. The lowest BCUT2D eigenvalue weighted by Gasteiger charge is -1.98. The van der Waals surface area contributed by atoms with Gasteiger partial charge in [-0.1, -0.05) is 5.16 Å². The SMILES string of the molecule is Cc1cc(CNC(=O)C2CC2)on1. The number of carbonyl (C=O) groups excluding carboxylic acids is 1. The van der Waals surface area contributed by atoms with Gasteiger partial charge in [0.2, 0.25) is 5.91 Å². The van der Waals surface area contributed by atoms with Crippen molar-refractivity contribution in [1.82, 2.24) is 10.5 Å². The molecule has 1 amide bonds. The average Bonchev–Trinajstić information content (AvgIpc) is 2.87. The molecule has 0 saturated heterocycles. The van der Waals surface area contributed by atoms with E-state index in [-0.39, 0.29) is 11.8 Å². The van der Waals surface area contributed by atoms with Gasteiger partial charge >= 0.3 is 0 Å². The summed E-state index contributed by atoms with van der Waals surface area (Å²) in [5.41, 5.74) is 0.843. The van der Waals surface area contributed by atoms with Crippen LogP contribution in [0.3, 0.4) is 0 Å². The minimum Gasteiger partial charge on any atom is -0.359 e. The number of nitrogens with zero attached hydrogens (tertiary/aromatic N) is 1. The fourth-order valence-corrected chi connectivity index (χ4v) is 1.16. The molecule has 4 heteroatoms. The molecule has 4 nitrogen and oxygen atoms in total. The molecule has 1 aliphatic carbocycles. The van der Waals surface area contributed by atoms with E-state index in [1.807, 2.05) is 13.0 Å². The Kier molecular flexibility index (Phi) is 2.04. The van der Waals surface area contributed by atoms with E-state index in [4.69, 9.17) is 4.52 Å². The molecule has 1 N–H and O–H groups in total. The summed E-state index contributed by atoms with van der Waals surface area (Å²) >= 11 is 0. The van der Waals surface area contributed by atoms with E-state index < -0.39 is 0 Å². The summed E-state index contributed by atoms with van der Waals surface area (Å²) in [5.74, 6) is 1.10. The average molecular weight is 180 g/mol. The number of aromatic nitrogens is 1. The standard InChI is InChI=1S/C9H12N2O2/c1-6-4-8(13-11-6)5-10-9(12)7-2-3-7/h4,7H,2-3,5H2,1H3,(H,10,12). The van der Waals surface area contributed by atoms with Gasteiger partial charge in [-0.05, 0) is 19.8 Å². The Bertz CT molecular complexity index is 315. The molecular weight excluding hydrogens is 168 g/mol. The first-order valence-corrected chi connectivity index (χ1v) is 4.45. The minimum atomic E-state index is 0.133. The summed E-state index contributed by atoms with van der Waals surface area (Å²) in [7, 11) is 0. The topological polar surface area (TPSA) is 55.1 Å². The lowest BCUT2D eigenvalue weighted by atomic mass is 10.3. The fourth-order valence-electron chi connectivity index (χ4n) is 1.16. The Morgan fingerprint density at radius 3 is 3.08 bits per heavy atom. The Balaban J connectivity index is 1.81. The number of hydrogen-bond donors (Lipinski definition) is 1. The van der Waals surface area contributed by atoms with Crippen LogP contribution in [-0.4, -0.2) is 11.1 Å². The quantitative estimate of drug-likeness (QED) is 0.755. The number of carbonyl (C=O) groups is 1. The van der Waals surface area contributed by atoms with Crippen molar-refractivity contribution in [2.24, 2.45) is 5.92 Å². The molecule has 1 fully saturated rings. The molecule has 0 bridgehead atoms. The van der Waals surface area contributed by atoms with Crippen molar-refractivity contribution in [2.45, 2.75) is 26.3 Å². The van der Waals surface area contributed by atoms with Crippen molar-refractivity contribution in [3.8, 4) is 0 Å². The van der Waals surface area contributed by atoms with Gasteiger partial charge in [-0.3, -0.25) is 4.79 Å². The van der Waals surface area contributed by atoms with E-state index in [9.17, 15) is 4.79 Å². The van der Waals surface area contributed by atoms with E-state index in [0.717, 1.165) is 18.5 Å². The molecule has 0 aromatic carbocycles. The highest BCUT2D eigenvalue weighted by Crippen LogP contribution is 2.28. The van der Waals surface area contributed by atoms with Gasteiger partial charge in [-0.25, -0.2) is 0 Å². The third kappa shape index (κ3) is 2.08. The fraction of sp³-hybridized carbons (Fsp3) is 0.556. The zero-order valence-corrected chi connectivity index (χ0v) is 7.54. The first kappa shape index (κ1) is 8.29. The first-order chi connectivity index (χ1) is 6.25. The third-order valence-electron chi connectivity index (χ3n) is 2.06. The van der Waals surface area contributed by atoms with E-state index in [1.54, 1.807) is 0 Å². The summed E-state index contributed by atoms with van der Waals surface area (Å²) in [5, 5.41) is 6.53. The van der Waals surface area contributed by atoms with E-state index in [0.29, 0.717) is 12.3 Å². The van der Waals surface area contributed by atoms with E-state index in [1.165, 1.54) is 0 Å². The zero-order chi connectivity index (χ0) is 9.26. The van der Waals surface area contributed by atoms with Gasteiger partial charge in [0, 0.05) is 12.0 Å². The van der Waals surface area contributed by atoms with Gasteiger partial charge in [0.05, 0.1) is 12.2 Å². The van der Waals surface area contributed by atoms with Crippen LogP contribution in [0, 0.1) is 12.8 Å². The molecule has 0 aliphatic heterocycles. The van der Waals surface area contributed by atoms with E-state index in [2.05, 4.69) is 10.5 Å². The van der Waals surface area contributed by atoms with Crippen molar-refractivity contribution < 1.29 is 9.32 Å². The van der Waals surface area contributed by atoms with Gasteiger partial charge in [0.1, 0.15) is 0 Å². The van der Waals surface area contributed by atoms with Gasteiger partial charge in [0.25, 0.3) is 0 Å². The predicted molar refractivity (Wildman–Crippen MR) is 45.8 cm³/mol. The summed E-state index contributed by atoms with van der Waals surface area (Å²) in [4.78, 5) is 11.2. The monoisotopic (exact) mass is 180 g/mol. The van der Waals surface area contributed by atoms with Crippen LogP contribution >= 0.6 is 0 Å². The Hall–Kier alpha value is -1.32. The van der Waals surface area contributed by atoms with Crippen LogP contribution in [0.25, 0.3) is 0 Å². The van der Waals surface area contributed by atoms with Crippen molar-refractivity contribution in [1.29, 1.82) is 0 Å². The number of amides is 1. The molecule has 70 valence electrons. The second-order valence-electron chi connectivity index (χ2n) is 3.43. The molecule has 0 spiro atoms. The van der Waals surface area contributed by atoms with Gasteiger partial charge < -0.3 is 9.84 Å². The van der Waals surface area contributed by atoms with Crippen LogP contribution in [0.4, 0.5) is 0 Å². The molecule has 0 unspecified atom stereocenters. The van der Waals surface area contributed by atoms with Crippen molar-refractivity contribution in [3.63, 3.8) is 0 Å². The number of aryl methyl sites for hydroxylation is 1. The van der Waals surface area contributed by atoms with Crippen molar-refractivity contribution in [2.75, 3.05) is 0 Å². The minimum absolute atomic E-state index is 0.133. The Labute approximate surface area is 76.3 Å². The molecule has 1 aliphatic rings. The lowest BCUT2D eigenvalue weighted by molar-refractivity contribution is -0.122. The maximum Gasteiger partial charge on any atom is 0.223 e. The van der Waals surface area contributed by atoms with Crippen LogP contribution in [0.1, 0.15) is 24.3 Å². The molecule has 1 aromatic heterocycles. The summed E-state index contributed by atoms with van der Waals surface area (Å²) < 4.78 is 4.95. The van der Waals surface area contributed by atoms with E-state index >= 15 is 0 Å². The molecule has 0 radical (unpaired) electrons. The second kappa shape index (κ2) is 3.20. The van der Waals surface area contributed by atoms with Crippen molar-refractivity contribution >= 4 is 5.91 Å². The number of nitrogens with one attached hydrogen (secondary N) is 1. The van der Waals surface area contributed by atoms with Crippen LogP contribution in [-0.2, 0) is 11.3 Å². The highest BCUT2D eigenvalue weighted by atomic mass is 16.5. The smallest absolute Gasteiger partial charge is 0.223 e. The summed E-state index contributed by atoms with van der Waals surface area (Å²) in [6.07, 6.45) is 2.06. The summed E-state index contributed by atoms with van der Waals surface area (Å²) in [6, 6.07) is 1.83.